The molecule has 2 atom stereocenters. The van der Waals surface area contributed by atoms with Crippen LogP contribution < -0.4 is 10.2 Å². The Morgan fingerprint density at radius 3 is 2.94 bits per heavy atom. The number of fused-ring (bicyclic) bond motifs is 1. The van der Waals surface area contributed by atoms with E-state index in [4.69, 9.17) is 0 Å². The summed E-state index contributed by atoms with van der Waals surface area (Å²) in [5.41, 5.74) is 4.30. The molecule has 1 aromatic carbocycles. The molecule has 1 heterocycles. The molecule has 2 nitrogen and oxygen atoms in total. The zero-order valence-corrected chi connectivity index (χ0v) is 11.5. The topological polar surface area (TPSA) is 15.3 Å². The van der Waals surface area contributed by atoms with E-state index in [1.54, 1.807) is 0 Å². The quantitative estimate of drug-likeness (QED) is 0.843. The Balaban J connectivity index is 2.44. The van der Waals surface area contributed by atoms with Gasteiger partial charge in [-0.25, -0.2) is 0 Å². The molecule has 2 rings (SSSR count). The van der Waals surface area contributed by atoms with Crippen molar-refractivity contribution in [3.05, 3.63) is 29.3 Å². The van der Waals surface area contributed by atoms with E-state index in [-0.39, 0.29) is 0 Å². The maximum atomic E-state index is 3.60. The number of hydrogen-bond donors (Lipinski definition) is 1. The summed E-state index contributed by atoms with van der Waals surface area (Å²) in [5.74, 6) is 0. The van der Waals surface area contributed by atoms with Crippen molar-refractivity contribution in [2.24, 2.45) is 0 Å². The van der Waals surface area contributed by atoms with Crippen LogP contribution in [0.4, 0.5) is 5.69 Å². The molecule has 1 aliphatic heterocycles. The second-order valence-corrected chi connectivity index (χ2v) is 5.27. The second-order valence-electron chi connectivity index (χ2n) is 5.27. The van der Waals surface area contributed by atoms with Crippen LogP contribution in [0.25, 0.3) is 0 Å². The van der Waals surface area contributed by atoms with Crippen molar-refractivity contribution in [1.29, 1.82) is 0 Å². The third-order valence-corrected chi connectivity index (χ3v) is 3.84. The summed E-state index contributed by atoms with van der Waals surface area (Å²) < 4.78 is 0. The summed E-state index contributed by atoms with van der Waals surface area (Å²) in [5, 5.41) is 3.60. The number of para-hydroxylation sites is 1. The summed E-state index contributed by atoms with van der Waals surface area (Å²) in [6.07, 6.45) is 1.19. The van der Waals surface area contributed by atoms with Gasteiger partial charge in [0.15, 0.2) is 0 Å². The Kier molecular flexibility index (Phi) is 3.72. The first-order valence-corrected chi connectivity index (χ1v) is 6.72. The van der Waals surface area contributed by atoms with E-state index in [2.05, 4.69) is 56.1 Å². The monoisotopic (exact) mass is 232 g/mol. The minimum absolute atomic E-state index is 0.552. The van der Waals surface area contributed by atoms with Crippen molar-refractivity contribution in [2.75, 3.05) is 11.4 Å². The van der Waals surface area contributed by atoms with E-state index in [0.717, 1.165) is 13.1 Å². The summed E-state index contributed by atoms with van der Waals surface area (Å²) >= 11 is 0. The Bertz CT molecular complexity index is 387. The molecule has 1 aliphatic rings. The maximum Gasteiger partial charge on any atom is 0.0444 e. The lowest BCUT2D eigenvalue weighted by Crippen LogP contribution is -2.41. The number of nitrogens with zero attached hydrogens (tertiary/aromatic N) is 1. The Hall–Kier alpha value is -1.02. The van der Waals surface area contributed by atoms with Crippen molar-refractivity contribution in [2.45, 2.75) is 52.7 Å². The minimum atomic E-state index is 0.552. The van der Waals surface area contributed by atoms with Crippen molar-refractivity contribution >= 4 is 5.69 Å². The van der Waals surface area contributed by atoms with Gasteiger partial charge in [-0.2, -0.15) is 0 Å². The highest BCUT2D eigenvalue weighted by atomic mass is 15.2. The van der Waals surface area contributed by atoms with Crippen LogP contribution in [0, 0.1) is 6.92 Å². The fraction of sp³-hybridized carbons (Fsp3) is 0.600. The first-order valence-electron chi connectivity index (χ1n) is 6.72. The van der Waals surface area contributed by atoms with E-state index >= 15 is 0 Å². The van der Waals surface area contributed by atoms with Crippen LogP contribution in [0.5, 0.6) is 0 Å². The molecule has 0 aliphatic carbocycles. The van der Waals surface area contributed by atoms with Crippen molar-refractivity contribution in [3.63, 3.8) is 0 Å². The zero-order valence-electron chi connectivity index (χ0n) is 11.5. The van der Waals surface area contributed by atoms with Gasteiger partial charge in [0.2, 0.25) is 0 Å². The molecule has 0 radical (unpaired) electrons. The third kappa shape index (κ3) is 2.47. The lowest BCUT2D eigenvalue weighted by molar-refractivity contribution is 0.521. The smallest absolute Gasteiger partial charge is 0.0444 e. The summed E-state index contributed by atoms with van der Waals surface area (Å²) in [4.78, 5) is 2.58. The molecule has 0 amide bonds. The van der Waals surface area contributed by atoms with Crippen LogP contribution in [-0.2, 0) is 6.54 Å². The van der Waals surface area contributed by atoms with Crippen LogP contribution in [0.1, 0.15) is 38.3 Å². The number of rotatable bonds is 2. The number of nitrogens with one attached hydrogen (secondary N) is 1. The normalized spacial score (nSPS) is 21.9. The predicted molar refractivity (Wildman–Crippen MR) is 74.6 cm³/mol. The summed E-state index contributed by atoms with van der Waals surface area (Å²) in [7, 11) is 0. The van der Waals surface area contributed by atoms with Gasteiger partial charge in [-0.1, -0.05) is 25.1 Å². The van der Waals surface area contributed by atoms with Gasteiger partial charge in [0, 0.05) is 30.9 Å². The first-order chi connectivity index (χ1) is 8.13. The highest BCUT2D eigenvalue weighted by Crippen LogP contribution is 2.29. The summed E-state index contributed by atoms with van der Waals surface area (Å²) in [6, 6.07) is 7.81. The number of benzene rings is 1. The van der Waals surface area contributed by atoms with Crippen LogP contribution in [0.3, 0.4) is 0 Å². The van der Waals surface area contributed by atoms with Gasteiger partial charge < -0.3 is 10.2 Å². The Morgan fingerprint density at radius 1 is 1.47 bits per heavy atom. The van der Waals surface area contributed by atoms with Crippen LogP contribution in [-0.4, -0.2) is 18.6 Å². The Morgan fingerprint density at radius 2 is 2.24 bits per heavy atom. The molecular formula is C15H24N2. The molecule has 0 spiro atoms. The van der Waals surface area contributed by atoms with Gasteiger partial charge in [0.1, 0.15) is 0 Å². The molecular weight excluding hydrogens is 208 g/mol. The van der Waals surface area contributed by atoms with E-state index in [9.17, 15) is 0 Å². The average Bonchev–Trinajstić information content (AvgIpc) is 2.49. The van der Waals surface area contributed by atoms with E-state index < -0.39 is 0 Å². The van der Waals surface area contributed by atoms with Gasteiger partial charge in [0.05, 0.1) is 0 Å². The third-order valence-electron chi connectivity index (χ3n) is 3.84. The highest BCUT2D eigenvalue weighted by molar-refractivity contribution is 5.60. The lowest BCUT2D eigenvalue weighted by atomic mass is 10.0. The van der Waals surface area contributed by atoms with Crippen molar-refractivity contribution in [1.82, 2.24) is 5.32 Å². The largest absolute Gasteiger partial charge is 0.367 e. The fourth-order valence-electron chi connectivity index (χ4n) is 2.63. The highest BCUT2D eigenvalue weighted by Gasteiger charge is 2.23. The number of hydrogen-bond acceptors (Lipinski definition) is 2. The molecule has 0 saturated heterocycles. The summed E-state index contributed by atoms with van der Waals surface area (Å²) in [6.45, 7) is 11.2. The van der Waals surface area contributed by atoms with Gasteiger partial charge in [-0.05, 0) is 38.3 Å². The SMILES string of the molecule is CCC(C)N1CC(C)NCc2cccc(C)c21. The average molecular weight is 232 g/mol. The second kappa shape index (κ2) is 5.09. The number of anilines is 1. The van der Waals surface area contributed by atoms with E-state index in [1.165, 1.54) is 23.2 Å². The molecule has 0 fully saturated rings. The van der Waals surface area contributed by atoms with Crippen LogP contribution in [0.2, 0.25) is 0 Å². The molecule has 1 N–H and O–H groups in total. The predicted octanol–water partition coefficient (Wildman–Crippen LogP) is 3.09. The molecule has 1 aromatic rings. The fourth-order valence-corrected chi connectivity index (χ4v) is 2.63. The zero-order chi connectivity index (χ0) is 12.4. The number of aryl methyl sites for hydroxylation is 1. The molecule has 2 unspecified atom stereocenters. The van der Waals surface area contributed by atoms with Crippen LogP contribution in [0.15, 0.2) is 18.2 Å². The standard InChI is InChI=1S/C15H24N2/c1-5-13(4)17-10-12(3)16-9-14-8-6-7-11(2)15(14)17/h6-8,12-13,16H,5,9-10H2,1-4H3. The van der Waals surface area contributed by atoms with E-state index in [1.807, 2.05) is 0 Å². The Labute approximate surface area is 105 Å². The maximum absolute atomic E-state index is 3.60. The van der Waals surface area contributed by atoms with Gasteiger partial charge in [-0.3, -0.25) is 0 Å². The van der Waals surface area contributed by atoms with Gasteiger partial charge in [0.25, 0.3) is 0 Å². The lowest BCUT2D eigenvalue weighted by Gasteiger charge is -2.33. The molecule has 0 bridgehead atoms. The van der Waals surface area contributed by atoms with E-state index in [0.29, 0.717) is 12.1 Å². The van der Waals surface area contributed by atoms with Gasteiger partial charge >= 0.3 is 0 Å². The molecule has 94 valence electrons. The molecule has 0 saturated carbocycles. The van der Waals surface area contributed by atoms with Crippen molar-refractivity contribution < 1.29 is 0 Å². The first kappa shape index (κ1) is 12.4. The van der Waals surface area contributed by atoms with Crippen LogP contribution >= 0.6 is 0 Å². The molecule has 0 aromatic heterocycles. The van der Waals surface area contributed by atoms with Crippen molar-refractivity contribution in [3.8, 4) is 0 Å². The molecule has 2 heteroatoms. The molecule has 17 heavy (non-hydrogen) atoms. The van der Waals surface area contributed by atoms with Gasteiger partial charge in [-0.15, -0.1) is 0 Å². The minimum Gasteiger partial charge on any atom is -0.367 e.